The molecule has 3 aromatic heterocycles. The van der Waals surface area contributed by atoms with E-state index in [-0.39, 0.29) is 11.6 Å². The molecular formula is C24H29N9O. The van der Waals surface area contributed by atoms with E-state index in [0.29, 0.717) is 12.5 Å². The van der Waals surface area contributed by atoms with Crippen molar-refractivity contribution in [2.75, 3.05) is 39.3 Å². The molecule has 0 atom stereocenters. The maximum atomic E-state index is 12.7. The lowest BCUT2D eigenvalue weighted by atomic mass is 9.70. The number of hydrogen-bond acceptors (Lipinski definition) is 6. The van der Waals surface area contributed by atoms with Gasteiger partial charge >= 0.3 is 6.03 Å². The van der Waals surface area contributed by atoms with Gasteiger partial charge in [0.15, 0.2) is 0 Å². The summed E-state index contributed by atoms with van der Waals surface area (Å²) in [4.78, 5) is 31.1. The van der Waals surface area contributed by atoms with E-state index in [9.17, 15) is 10.1 Å². The molecule has 1 aliphatic carbocycles. The topological polar surface area (TPSA) is 110 Å². The zero-order chi connectivity index (χ0) is 23.1. The average molecular weight is 460 g/mol. The van der Waals surface area contributed by atoms with Crippen molar-refractivity contribution in [3.63, 3.8) is 0 Å². The summed E-state index contributed by atoms with van der Waals surface area (Å²) in [6.45, 7) is 5.14. The minimum atomic E-state index is -0.287. The fourth-order valence-corrected chi connectivity index (χ4v) is 5.83. The van der Waals surface area contributed by atoms with Crippen LogP contribution in [-0.4, -0.2) is 90.8 Å². The van der Waals surface area contributed by atoms with Gasteiger partial charge in [-0.25, -0.2) is 14.8 Å². The first-order valence-electron chi connectivity index (χ1n) is 12.2. The second-order valence-electron chi connectivity index (χ2n) is 9.76. The minimum absolute atomic E-state index is 0.204. The quantitative estimate of drug-likeness (QED) is 0.642. The predicted molar refractivity (Wildman–Crippen MR) is 126 cm³/mol. The Bertz CT molecular complexity index is 1220. The van der Waals surface area contributed by atoms with Crippen LogP contribution in [-0.2, 0) is 5.54 Å². The number of hydrogen-bond donors (Lipinski definition) is 1. The number of amides is 2. The Morgan fingerprint density at radius 2 is 1.88 bits per heavy atom. The van der Waals surface area contributed by atoms with Crippen LogP contribution >= 0.6 is 0 Å². The molecule has 2 saturated heterocycles. The highest BCUT2D eigenvalue weighted by Gasteiger charge is 2.49. The molecule has 2 amide bonds. The summed E-state index contributed by atoms with van der Waals surface area (Å²) in [5.41, 5.74) is 2.29. The SMILES string of the molecule is N#CC[C@]1(n2cc(-c3ncnc4[nH]ccc34)cn2)C[C@H](N2CCN(C(=O)N3CCCC3)CC2)C1. The molecule has 3 fully saturated rings. The molecule has 1 saturated carbocycles. The number of H-pyrrole nitrogens is 1. The Morgan fingerprint density at radius 3 is 2.65 bits per heavy atom. The predicted octanol–water partition coefficient (Wildman–Crippen LogP) is 2.43. The summed E-state index contributed by atoms with van der Waals surface area (Å²) in [5.74, 6) is 0. The summed E-state index contributed by atoms with van der Waals surface area (Å²) >= 11 is 0. The third kappa shape index (κ3) is 3.51. The van der Waals surface area contributed by atoms with Crippen LogP contribution in [0, 0.1) is 11.3 Å². The minimum Gasteiger partial charge on any atom is -0.346 e. The molecule has 0 radical (unpaired) electrons. The molecule has 5 heterocycles. The van der Waals surface area contributed by atoms with Gasteiger partial charge in [-0.05, 0) is 31.7 Å². The van der Waals surface area contributed by atoms with Crippen LogP contribution < -0.4 is 0 Å². The van der Waals surface area contributed by atoms with Crippen LogP contribution in [0.2, 0.25) is 0 Å². The second kappa shape index (κ2) is 8.40. The Hall–Kier alpha value is -3.45. The fourth-order valence-electron chi connectivity index (χ4n) is 5.83. The third-order valence-corrected chi connectivity index (χ3v) is 7.81. The van der Waals surface area contributed by atoms with Crippen molar-refractivity contribution < 1.29 is 4.79 Å². The molecule has 34 heavy (non-hydrogen) atoms. The van der Waals surface area contributed by atoms with Crippen molar-refractivity contribution >= 4 is 17.1 Å². The largest absolute Gasteiger partial charge is 0.346 e. The van der Waals surface area contributed by atoms with Gasteiger partial charge in [-0.1, -0.05) is 0 Å². The van der Waals surface area contributed by atoms with E-state index < -0.39 is 0 Å². The smallest absolute Gasteiger partial charge is 0.320 e. The lowest BCUT2D eigenvalue weighted by molar-refractivity contribution is -0.0144. The summed E-state index contributed by atoms with van der Waals surface area (Å²) in [7, 11) is 0. The van der Waals surface area contributed by atoms with E-state index in [4.69, 9.17) is 0 Å². The molecule has 1 N–H and O–H groups in total. The molecule has 0 spiro atoms. The Labute approximate surface area is 198 Å². The van der Waals surface area contributed by atoms with Gasteiger partial charge in [0, 0.05) is 68.7 Å². The third-order valence-electron chi connectivity index (χ3n) is 7.81. The number of nitrogens with zero attached hydrogens (tertiary/aromatic N) is 8. The van der Waals surface area contributed by atoms with Gasteiger partial charge < -0.3 is 14.8 Å². The number of nitrogens with one attached hydrogen (secondary N) is 1. The molecule has 176 valence electrons. The van der Waals surface area contributed by atoms with Gasteiger partial charge in [0.25, 0.3) is 0 Å². The summed E-state index contributed by atoms with van der Waals surface area (Å²) in [6.07, 6.45) is 11.7. The Morgan fingerprint density at radius 1 is 1.12 bits per heavy atom. The van der Waals surface area contributed by atoms with Gasteiger partial charge in [0.2, 0.25) is 0 Å². The number of aromatic nitrogens is 5. The highest BCUT2D eigenvalue weighted by molar-refractivity contribution is 5.90. The number of piperazine rings is 1. The number of rotatable bonds is 4. The van der Waals surface area contributed by atoms with E-state index in [2.05, 4.69) is 31.0 Å². The van der Waals surface area contributed by atoms with Crippen molar-refractivity contribution in [2.24, 2.45) is 0 Å². The first-order valence-corrected chi connectivity index (χ1v) is 12.2. The van der Waals surface area contributed by atoms with E-state index in [1.807, 2.05) is 39.1 Å². The summed E-state index contributed by atoms with van der Waals surface area (Å²) < 4.78 is 1.98. The van der Waals surface area contributed by atoms with Crippen LogP contribution in [0.25, 0.3) is 22.3 Å². The van der Waals surface area contributed by atoms with Gasteiger partial charge in [-0.15, -0.1) is 0 Å². The van der Waals surface area contributed by atoms with Gasteiger partial charge in [0.1, 0.15) is 12.0 Å². The maximum Gasteiger partial charge on any atom is 0.320 e. The first kappa shape index (κ1) is 21.1. The number of likely N-dealkylation sites (tertiary alicyclic amines) is 1. The van der Waals surface area contributed by atoms with Gasteiger partial charge in [-0.2, -0.15) is 10.4 Å². The number of fused-ring (bicyclic) bond motifs is 1. The van der Waals surface area contributed by atoms with Crippen LogP contribution in [0.3, 0.4) is 0 Å². The van der Waals surface area contributed by atoms with Crippen molar-refractivity contribution in [3.05, 3.63) is 31.0 Å². The molecule has 0 aromatic carbocycles. The zero-order valence-electron chi connectivity index (χ0n) is 19.2. The molecule has 10 nitrogen and oxygen atoms in total. The molecular weight excluding hydrogens is 430 g/mol. The zero-order valence-corrected chi connectivity index (χ0v) is 19.2. The molecule has 3 aromatic rings. The van der Waals surface area contributed by atoms with Gasteiger partial charge in [-0.3, -0.25) is 9.58 Å². The normalized spacial score (nSPS) is 25.4. The van der Waals surface area contributed by atoms with Crippen LogP contribution in [0.1, 0.15) is 32.1 Å². The Kier molecular flexibility index (Phi) is 5.21. The molecule has 2 aliphatic heterocycles. The number of aromatic amines is 1. The van der Waals surface area contributed by atoms with Crippen molar-refractivity contribution in [2.45, 2.75) is 43.7 Å². The fraction of sp³-hybridized carbons (Fsp3) is 0.542. The monoisotopic (exact) mass is 459 g/mol. The van der Waals surface area contributed by atoms with E-state index in [1.165, 1.54) is 0 Å². The molecule has 6 rings (SSSR count). The number of nitriles is 1. The molecule has 0 unspecified atom stereocenters. The number of urea groups is 1. The first-order chi connectivity index (χ1) is 16.7. The van der Waals surface area contributed by atoms with E-state index in [0.717, 1.165) is 87.2 Å². The van der Waals surface area contributed by atoms with Crippen molar-refractivity contribution in [3.8, 4) is 17.3 Å². The van der Waals surface area contributed by atoms with Gasteiger partial charge in [0.05, 0.1) is 29.9 Å². The number of carbonyl (C=O) groups is 1. The molecule has 0 bridgehead atoms. The van der Waals surface area contributed by atoms with Crippen molar-refractivity contribution in [1.29, 1.82) is 5.26 Å². The highest BCUT2D eigenvalue weighted by Crippen LogP contribution is 2.45. The highest BCUT2D eigenvalue weighted by atomic mass is 16.2. The van der Waals surface area contributed by atoms with Crippen LogP contribution in [0.5, 0.6) is 0 Å². The maximum absolute atomic E-state index is 12.7. The lowest BCUT2D eigenvalue weighted by Crippen LogP contribution is -2.61. The van der Waals surface area contributed by atoms with Crippen LogP contribution in [0.4, 0.5) is 4.79 Å². The Balaban J connectivity index is 1.13. The summed E-state index contributed by atoms with van der Waals surface area (Å²) in [5, 5.41) is 15.2. The standard InChI is InChI=1S/C24H29N9O/c25-5-4-24(33-16-18(15-29-33)21-20-3-6-26-22(20)28-17-27-21)13-19(14-24)30-9-11-32(12-10-30)23(34)31-7-1-2-8-31/h3,6,15-17,19H,1-2,4,7-14H2,(H,26,27,28)/t19-,24-. The summed E-state index contributed by atoms with van der Waals surface area (Å²) in [6, 6.07) is 4.99. The van der Waals surface area contributed by atoms with E-state index >= 15 is 0 Å². The molecule has 3 aliphatic rings. The average Bonchev–Trinajstić information content (AvgIpc) is 3.62. The van der Waals surface area contributed by atoms with Crippen LogP contribution in [0.15, 0.2) is 31.0 Å². The second-order valence-corrected chi connectivity index (χ2v) is 9.76. The van der Waals surface area contributed by atoms with Crippen molar-refractivity contribution in [1.82, 2.24) is 39.4 Å². The molecule has 10 heteroatoms. The van der Waals surface area contributed by atoms with E-state index in [1.54, 1.807) is 6.33 Å². The number of carbonyl (C=O) groups excluding carboxylic acids is 1. The lowest BCUT2D eigenvalue weighted by Gasteiger charge is -2.52.